The summed E-state index contributed by atoms with van der Waals surface area (Å²) in [6, 6.07) is -0.700. The number of aliphatic carboxylic acids is 1. The number of carbonyl (C=O) groups excluding carboxylic acids is 3. The lowest BCUT2D eigenvalue weighted by Gasteiger charge is -2.18. The van der Waals surface area contributed by atoms with Crippen LogP contribution in [0, 0.1) is 11.8 Å². The van der Waals surface area contributed by atoms with E-state index in [1.165, 1.54) is 0 Å². The molecule has 23 nitrogen and oxygen atoms in total. The van der Waals surface area contributed by atoms with E-state index in [9.17, 15) is 24.3 Å². The summed E-state index contributed by atoms with van der Waals surface area (Å²) < 4.78 is 37.8. The van der Waals surface area contributed by atoms with Crippen LogP contribution in [0.1, 0.15) is 70.6 Å². The first-order chi connectivity index (χ1) is 30.8. The number of carboxylic acid groups (broad SMARTS) is 1. The highest BCUT2D eigenvalue weighted by Gasteiger charge is 2.35. The number of unbranched alkanes of at least 4 members (excludes halogenated alkanes) is 1. The maximum Gasteiger partial charge on any atom is 0.305 e. The fourth-order valence-electron chi connectivity index (χ4n) is 5.99. The van der Waals surface area contributed by atoms with E-state index in [4.69, 9.17) is 49.3 Å². The molecule has 2 amide bonds. The van der Waals surface area contributed by atoms with E-state index >= 15 is 0 Å². The highest BCUT2D eigenvalue weighted by molar-refractivity contribution is 5.90. The summed E-state index contributed by atoms with van der Waals surface area (Å²) in [5.41, 5.74) is 16.6. The third-order valence-corrected chi connectivity index (χ3v) is 9.61. The minimum absolute atomic E-state index is 0.0425. The SMILES string of the molecule is [N-]=[N+]=NCCOCCOCCC(=O)NCCCC[C@H](NC(=O)CCCNCC(O)CCOCCC1CC1CCN=[N+]=[N-])C(=O)CNCCOCCOCCOCCOCCC(=O)O. The molecule has 0 saturated heterocycles. The summed E-state index contributed by atoms with van der Waals surface area (Å²) in [5, 5.41) is 37.8. The van der Waals surface area contributed by atoms with Crippen LogP contribution >= 0.6 is 0 Å². The lowest BCUT2D eigenvalue weighted by atomic mass is 10.0. The van der Waals surface area contributed by atoms with Crippen LogP contribution in [-0.4, -0.2) is 184 Å². The number of aliphatic hydroxyl groups is 1. The molecule has 1 aliphatic carbocycles. The van der Waals surface area contributed by atoms with Gasteiger partial charge in [-0.2, -0.15) is 0 Å². The van der Waals surface area contributed by atoms with Gasteiger partial charge in [0.2, 0.25) is 11.8 Å². The van der Waals surface area contributed by atoms with Gasteiger partial charge in [0.25, 0.3) is 0 Å². The van der Waals surface area contributed by atoms with Crippen molar-refractivity contribution in [1.82, 2.24) is 21.3 Å². The zero-order valence-corrected chi connectivity index (χ0v) is 37.0. The molecule has 0 aliphatic heterocycles. The van der Waals surface area contributed by atoms with Crippen molar-refractivity contribution in [2.45, 2.75) is 82.8 Å². The van der Waals surface area contributed by atoms with Gasteiger partial charge in [0.15, 0.2) is 5.78 Å². The Morgan fingerprint density at radius 3 is 1.89 bits per heavy atom. The molecule has 1 fully saturated rings. The van der Waals surface area contributed by atoms with Crippen LogP contribution in [0.2, 0.25) is 0 Å². The van der Waals surface area contributed by atoms with Gasteiger partial charge in [-0.1, -0.05) is 10.2 Å². The molecule has 1 aliphatic rings. The van der Waals surface area contributed by atoms with E-state index in [0.29, 0.717) is 156 Å². The third kappa shape index (κ3) is 38.5. The Labute approximate surface area is 370 Å². The molecule has 362 valence electrons. The number of carbonyl (C=O) groups is 4. The highest BCUT2D eigenvalue weighted by atomic mass is 16.6. The minimum Gasteiger partial charge on any atom is -0.481 e. The summed E-state index contributed by atoms with van der Waals surface area (Å²) in [5.74, 6) is -0.214. The number of hydrogen-bond acceptors (Lipinski definition) is 16. The number of nitrogens with zero attached hydrogens (tertiary/aromatic N) is 6. The molecule has 63 heavy (non-hydrogen) atoms. The van der Waals surface area contributed by atoms with Crippen molar-refractivity contribution in [3.8, 4) is 0 Å². The quantitative estimate of drug-likeness (QED) is 0.0220. The molecule has 0 heterocycles. The summed E-state index contributed by atoms with van der Waals surface area (Å²) in [6.45, 7) is 7.52. The maximum atomic E-state index is 13.2. The van der Waals surface area contributed by atoms with Gasteiger partial charge in [-0.3, -0.25) is 19.2 Å². The van der Waals surface area contributed by atoms with Crippen LogP contribution in [0.15, 0.2) is 10.2 Å². The molecule has 0 spiro atoms. The largest absolute Gasteiger partial charge is 0.481 e. The van der Waals surface area contributed by atoms with E-state index in [2.05, 4.69) is 41.3 Å². The second-order valence-corrected chi connectivity index (χ2v) is 14.8. The second-order valence-electron chi connectivity index (χ2n) is 14.8. The summed E-state index contributed by atoms with van der Waals surface area (Å²) in [4.78, 5) is 54.1. The molecule has 0 bridgehead atoms. The molecule has 0 radical (unpaired) electrons. The standard InChI is InChI=1S/C40H74N10O13/c41-49-46-13-6-33-30-34(33)7-16-57-17-8-35(51)31-43-11-3-5-39(54)48-36(4-1-2-12-45-38(53)9-18-58-22-24-61-21-15-47-50-42)37(52)32-44-14-20-60-25-27-63-29-28-62-26-23-59-19-10-40(55)56/h33-36,43-44,51H,1-32H2,(H,45,53)(H,48,54)(H,55,56)/t33?,34?,35?,36-/m0/s1. The van der Waals surface area contributed by atoms with Crippen LogP contribution in [-0.2, 0) is 52.3 Å². The van der Waals surface area contributed by atoms with E-state index in [1.807, 2.05) is 0 Å². The molecule has 23 heteroatoms. The van der Waals surface area contributed by atoms with Gasteiger partial charge < -0.3 is 64.6 Å². The van der Waals surface area contributed by atoms with Crippen molar-refractivity contribution in [3.05, 3.63) is 20.9 Å². The van der Waals surface area contributed by atoms with Gasteiger partial charge >= 0.3 is 5.97 Å². The summed E-state index contributed by atoms with van der Waals surface area (Å²) >= 11 is 0. The fraction of sp³-hybridized carbons (Fsp3) is 0.900. The molecule has 3 unspecified atom stereocenters. The monoisotopic (exact) mass is 903 g/mol. The van der Waals surface area contributed by atoms with Gasteiger partial charge in [-0.15, -0.1) is 0 Å². The zero-order valence-electron chi connectivity index (χ0n) is 37.0. The number of ether oxygens (including phenoxy) is 7. The topological polar surface area (TPSA) is 319 Å². The van der Waals surface area contributed by atoms with Crippen LogP contribution in [0.25, 0.3) is 20.9 Å². The van der Waals surface area contributed by atoms with Crippen molar-refractivity contribution in [1.29, 1.82) is 0 Å². The van der Waals surface area contributed by atoms with E-state index in [1.54, 1.807) is 0 Å². The molecule has 4 atom stereocenters. The Morgan fingerprint density at radius 1 is 0.603 bits per heavy atom. The zero-order chi connectivity index (χ0) is 45.9. The van der Waals surface area contributed by atoms with Crippen LogP contribution in [0.3, 0.4) is 0 Å². The molecular formula is C40H74N10O13. The van der Waals surface area contributed by atoms with Gasteiger partial charge in [0.05, 0.1) is 104 Å². The average molecular weight is 903 g/mol. The Hall–Kier alpha value is -3.70. The average Bonchev–Trinajstić information content (AvgIpc) is 4.02. The van der Waals surface area contributed by atoms with E-state index in [0.717, 1.165) is 19.3 Å². The number of Topliss-reactive ketones (excluding diaryl/α,β-unsaturated/α-hetero) is 1. The third-order valence-electron chi connectivity index (χ3n) is 9.61. The van der Waals surface area contributed by atoms with Crippen molar-refractivity contribution < 1.29 is 62.5 Å². The van der Waals surface area contributed by atoms with Crippen molar-refractivity contribution in [3.63, 3.8) is 0 Å². The molecule has 0 aromatic carbocycles. The van der Waals surface area contributed by atoms with Gasteiger partial charge in [-0.05, 0) is 80.8 Å². The number of amides is 2. The predicted molar refractivity (Wildman–Crippen MR) is 231 cm³/mol. The van der Waals surface area contributed by atoms with E-state index in [-0.39, 0.29) is 63.2 Å². The van der Waals surface area contributed by atoms with Crippen molar-refractivity contribution in [2.75, 3.05) is 138 Å². The molecule has 0 aromatic rings. The van der Waals surface area contributed by atoms with Crippen molar-refractivity contribution in [2.24, 2.45) is 22.1 Å². The Morgan fingerprint density at radius 2 is 1.21 bits per heavy atom. The van der Waals surface area contributed by atoms with Crippen LogP contribution in [0.4, 0.5) is 0 Å². The van der Waals surface area contributed by atoms with Crippen LogP contribution < -0.4 is 21.3 Å². The lowest BCUT2D eigenvalue weighted by molar-refractivity contribution is -0.138. The fourth-order valence-corrected chi connectivity index (χ4v) is 5.99. The number of ketones is 1. The number of hydrogen-bond donors (Lipinski definition) is 6. The molecule has 1 rings (SSSR count). The Bertz CT molecular complexity index is 1290. The molecule has 1 saturated carbocycles. The first-order valence-electron chi connectivity index (χ1n) is 22.2. The Kier molecular flexibility index (Phi) is 38.4. The Balaban J connectivity index is 2.28. The predicted octanol–water partition coefficient (Wildman–Crippen LogP) is 2.06. The van der Waals surface area contributed by atoms with Crippen molar-refractivity contribution >= 4 is 23.6 Å². The number of aliphatic hydroxyl groups excluding tert-OH is 1. The summed E-state index contributed by atoms with van der Waals surface area (Å²) in [7, 11) is 0. The minimum atomic E-state index is -0.907. The normalized spacial score (nSPS) is 15.2. The van der Waals surface area contributed by atoms with Gasteiger partial charge in [0, 0.05) is 68.6 Å². The van der Waals surface area contributed by atoms with Crippen LogP contribution in [0.5, 0.6) is 0 Å². The number of azide groups is 2. The first kappa shape index (κ1) is 57.3. The smallest absolute Gasteiger partial charge is 0.305 e. The van der Waals surface area contributed by atoms with Gasteiger partial charge in [-0.25, -0.2) is 0 Å². The number of carboxylic acids is 1. The first-order valence-corrected chi connectivity index (χ1v) is 22.2. The summed E-state index contributed by atoms with van der Waals surface area (Å²) in [6.07, 6.45) is 5.48. The molecular weight excluding hydrogens is 828 g/mol. The highest BCUT2D eigenvalue weighted by Crippen LogP contribution is 2.43. The molecule has 6 N–H and O–H groups in total. The van der Waals surface area contributed by atoms with E-state index < -0.39 is 18.1 Å². The number of rotatable bonds is 48. The number of nitrogens with one attached hydrogen (secondary N) is 4. The lowest BCUT2D eigenvalue weighted by Crippen LogP contribution is -2.45. The molecule has 0 aromatic heterocycles. The maximum absolute atomic E-state index is 13.2. The van der Waals surface area contributed by atoms with Gasteiger partial charge in [0.1, 0.15) is 0 Å². The second kappa shape index (κ2) is 42.3.